The number of halogens is 2. The lowest BCUT2D eigenvalue weighted by molar-refractivity contribution is -0.128. The summed E-state index contributed by atoms with van der Waals surface area (Å²) in [6.45, 7) is 3.78. The van der Waals surface area contributed by atoms with Crippen molar-refractivity contribution in [1.29, 1.82) is 0 Å². The molecule has 3 aromatic rings. The van der Waals surface area contributed by atoms with Gasteiger partial charge < -0.3 is 15.5 Å². The molecule has 2 aliphatic heterocycles. The largest absolute Gasteiger partial charge is 0.370 e. The zero-order chi connectivity index (χ0) is 29.1. The van der Waals surface area contributed by atoms with Crippen molar-refractivity contribution >= 4 is 40.3 Å². The van der Waals surface area contributed by atoms with Crippen molar-refractivity contribution in [3.63, 3.8) is 0 Å². The monoisotopic (exact) mass is 579 g/mol. The molecule has 2 aromatic carbocycles. The van der Waals surface area contributed by atoms with Gasteiger partial charge >= 0.3 is 0 Å². The maximum Gasteiger partial charge on any atom is 0.275 e. The fourth-order valence-corrected chi connectivity index (χ4v) is 6.15. The van der Waals surface area contributed by atoms with Crippen LogP contribution in [-0.4, -0.2) is 77.7 Å². The summed E-state index contributed by atoms with van der Waals surface area (Å²) in [6, 6.07) is 16.0. The molecule has 11 heteroatoms. The number of alkyl halides is 2. The lowest BCUT2D eigenvalue weighted by atomic mass is 9.96. The molecule has 3 heterocycles. The first-order valence-corrected chi connectivity index (χ1v) is 14.3. The minimum absolute atomic E-state index is 0.155. The van der Waals surface area contributed by atoms with Crippen molar-refractivity contribution in [2.24, 2.45) is 5.73 Å². The van der Waals surface area contributed by atoms with Crippen LogP contribution in [0.1, 0.15) is 33.8 Å². The zero-order valence-corrected chi connectivity index (χ0v) is 23.5. The molecule has 2 N–H and O–H groups in total. The van der Waals surface area contributed by atoms with E-state index in [0.717, 1.165) is 11.6 Å². The van der Waals surface area contributed by atoms with E-state index in [1.54, 1.807) is 25.1 Å². The maximum absolute atomic E-state index is 15.7. The van der Waals surface area contributed by atoms with Crippen LogP contribution < -0.4 is 10.6 Å². The van der Waals surface area contributed by atoms with Gasteiger partial charge in [0.1, 0.15) is 9.88 Å². The quantitative estimate of drug-likeness (QED) is 0.441. The van der Waals surface area contributed by atoms with Crippen molar-refractivity contribution in [3.05, 3.63) is 76.8 Å². The van der Waals surface area contributed by atoms with E-state index in [9.17, 15) is 14.4 Å². The molecule has 0 bridgehead atoms. The molecule has 1 saturated heterocycles. The minimum Gasteiger partial charge on any atom is -0.370 e. The van der Waals surface area contributed by atoms with Gasteiger partial charge in [-0.1, -0.05) is 48.5 Å². The number of hydrogen-bond acceptors (Lipinski definition) is 6. The highest BCUT2D eigenvalue weighted by Crippen LogP contribution is 2.44. The summed E-state index contributed by atoms with van der Waals surface area (Å²) >= 11 is 1.24. The van der Waals surface area contributed by atoms with E-state index >= 15 is 8.78 Å². The number of thiazole rings is 1. The highest BCUT2D eigenvalue weighted by atomic mass is 32.1. The third kappa shape index (κ3) is 6.20. The number of carbonyl (C=O) groups excluding carboxylic acids is 3. The number of aryl methyl sites for hydroxylation is 1. The molecule has 3 amide bonds. The van der Waals surface area contributed by atoms with Gasteiger partial charge in [-0.2, -0.15) is 0 Å². The third-order valence-corrected chi connectivity index (χ3v) is 8.61. The standard InChI is InChI=1S/C30H31F2N5O3S/c1-20-27(41-28(34-20)21-7-3-2-4-8-21)29(40)37-14-12-30(31,32)23(22-9-5-6-10-24(22)37)19-26(39)36-17-15-35(16-18-36)13-11-25(33)38/h2-10,19H,11-18H2,1H3,(H2,33,38). The van der Waals surface area contributed by atoms with Crippen LogP contribution in [0.25, 0.3) is 16.1 Å². The second-order valence-corrected chi connectivity index (χ2v) is 11.2. The Morgan fingerprint density at radius 1 is 1.00 bits per heavy atom. The molecule has 8 nitrogen and oxygen atoms in total. The van der Waals surface area contributed by atoms with Crippen LogP contribution in [-0.2, 0) is 9.59 Å². The van der Waals surface area contributed by atoms with Crippen molar-refractivity contribution < 1.29 is 23.2 Å². The lowest BCUT2D eigenvalue weighted by Gasteiger charge is -2.34. The fourth-order valence-electron chi connectivity index (χ4n) is 5.13. The van der Waals surface area contributed by atoms with E-state index in [1.807, 2.05) is 35.2 Å². The summed E-state index contributed by atoms with van der Waals surface area (Å²) in [5.74, 6) is -4.63. The van der Waals surface area contributed by atoms with Crippen molar-refractivity contribution in [2.75, 3.05) is 44.2 Å². The van der Waals surface area contributed by atoms with Crippen molar-refractivity contribution in [3.8, 4) is 10.6 Å². The number of allylic oxidation sites excluding steroid dienone is 1. The predicted molar refractivity (Wildman–Crippen MR) is 155 cm³/mol. The molecular formula is C30H31F2N5O3S. The number of nitrogens with two attached hydrogens (primary N) is 1. The normalized spacial score (nSPS) is 18.2. The topological polar surface area (TPSA) is 99.8 Å². The van der Waals surface area contributed by atoms with Crippen LogP contribution in [0, 0.1) is 6.92 Å². The van der Waals surface area contributed by atoms with Gasteiger partial charge in [0.05, 0.1) is 11.4 Å². The Hall–Kier alpha value is -3.96. The summed E-state index contributed by atoms with van der Waals surface area (Å²) in [4.78, 5) is 48.0. The lowest BCUT2D eigenvalue weighted by Crippen LogP contribution is -2.49. The van der Waals surface area contributed by atoms with Gasteiger partial charge in [0.25, 0.3) is 11.8 Å². The molecule has 0 atom stereocenters. The second kappa shape index (κ2) is 11.9. The summed E-state index contributed by atoms with van der Waals surface area (Å²) in [6.07, 6.45) is 0.624. The van der Waals surface area contributed by atoms with E-state index < -0.39 is 35.6 Å². The Morgan fingerprint density at radius 3 is 2.39 bits per heavy atom. The molecule has 0 unspecified atom stereocenters. The van der Waals surface area contributed by atoms with Gasteiger partial charge in [-0.3, -0.25) is 19.3 Å². The molecule has 0 aliphatic carbocycles. The molecule has 5 rings (SSSR count). The number of fused-ring (bicyclic) bond motifs is 1. The molecule has 0 spiro atoms. The Kier molecular flexibility index (Phi) is 8.27. The fraction of sp³-hybridized carbons (Fsp3) is 0.333. The minimum atomic E-state index is -3.33. The number of primary amides is 1. The van der Waals surface area contributed by atoms with E-state index in [4.69, 9.17) is 5.73 Å². The van der Waals surface area contributed by atoms with Gasteiger partial charge in [-0.05, 0) is 13.0 Å². The molecule has 214 valence electrons. The SMILES string of the molecule is Cc1nc(-c2ccccc2)sc1C(=O)N1CCC(F)(F)C(=CC(=O)N2CCN(CCC(N)=O)CC2)c2ccccc21. The Labute approximate surface area is 241 Å². The van der Waals surface area contributed by atoms with Gasteiger partial charge in [0.15, 0.2) is 0 Å². The number of aromatic nitrogens is 1. The van der Waals surface area contributed by atoms with Crippen molar-refractivity contribution in [1.82, 2.24) is 14.8 Å². The highest BCUT2D eigenvalue weighted by Gasteiger charge is 2.42. The molecule has 2 aliphatic rings. The van der Waals surface area contributed by atoms with E-state index in [1.165, 1.54) is 27.2 Å². The molecule has 0 radical (unpaired) electrons. The first kappa shape index (κ1) is 28.6. The number of para-hydroxylation sites is 1. The summed E-state index contributed by atoms with van der Waals surface area (Å²) in [5.41, 5.74) is 6.73. The predicted octanol–water partition coefficient (Wildman–Crippen LogP) is 4.21. The number of carbonyl (C=O) groups is 3. The number of piperazine rings is 1. The molecule has 41 heavy (non-hydrogen) atoms. The number of rotatable bonds is 6. The van der Waals surface area contributed by atoms with Gasteiger partial charge in [0.2, 0.25) is 11.8 Å². The van der Waals surface area contributed by atoms with Crippen LogP contribution in [0.2, 0.25) is 0 Å². The number of anilines is 1. The van der Waals surface area contributed by atoms with Crippen molar-refractivity contribution in [2.45, 2.75) is 25.7 Å². The third-order valence-electron chi connectivity index (χ3n) is 7.41. The van der Waals surface area contributed by atoms with Crippen LogP contribution >= 0.6 is 11.3 Å². The summed E-state index contributed by atoms with van der Waals surface area (Å²) in [5, 5.41) is 0.681. The van der Waals surface area contributed by atoms with E-state index in [-0.39, 0.29) is 18.5 Å². The molecule has 0 saturated carbocycles. The van der Waals surface area contributed by atoms with Gasteiger partial charge in [-0.15, -0.1) is 11.3 Å². The highest BCUT2D eigenvalue weighted by molar-refractivity contribution is 7.17. The Morgan fingerprint density at radius 2 is 1.68 bits per heavy atom. The van der Waals surface area contributed by atoms with E-state index in [0.29, 0.717) is 54.0 Å². The Balaban J connectivity index is 1.41. The van der Waals surface area contributed by atoms with Crippen LogP contribution in [0.4, 0.5) is 14.5 Å². The average Bonchev–Trinajstić information content (AvgIpc) is 3.32. The molecular weight excluding hydrogens is 548 g/mol. The smallest absolute Gasteiger partial charge is 0.275 e. The molecule has 1 aromatic heterocycles. The van der Waals surface area contributed by atoms with Gasteiger partial charge in [-0.25, -0.2) is 13.8 Å². The number of benzene rings is 2. The maximum atomic E-state index is 15.7. The second-order valence-electron chi connectivity index (χ2n) is 10.2. The Bertz CT molecular complexity index is 1480. The average molecular weight is 580 g/mol. The van der Waals surface area contributed by atoms with Crippen LogP contribution in [0.3, 0.4) is 0 Å². The van der Waals surface area contributed by atoms with Crippen LogP contribution in [0.5, 0.6) is 0 Å². The summed E-state index contributed by atoms with van der Waals surface area (Å²) in [7, 11) is 0. The van der Waals surface area contributed by atoms with E-state index in [2.05, 4.69) is 4.98 Å². The zero-order valence-electron chi connectivity index (χ0n) is 22.7. The number of nitrogens with zero attached hydrogens (tertiary/aromatic N) is 4. The first-order chi connectivity index (χ1) is 19.6. The summed E-state index contributed by atoms with van der Waals surface area (Å²) < 4.78 is 31.4. The molecule has 1 fully saturated rings. The number of amides is 3. The first-order valence-electron chi connectivity index (χ1n) is 13.5. The van der Waals surface area contributed by atoms with Crippen LogP contribution in [0.15, 0.2) is 60.7 Å². The van der Waals surface area contributed by atoms with Gasteiger partial charge in [0, 0.05) is 74.9 Å². The number of hydrogen-bond donors (Lipinski definition) is 1.